The lowest BCUT2D eigenvalue weighted by Crippen LogP contribution is -2.37. The van der Waals surface area contributed by atoms with E-state index in [0.29, 0.717) is 36.5 Å². The zero-order chi connectivity index (χ0) is 33.4. The summed E-state index contributed by atoms with van der Waals surface area (Å²) in [4.78, 5) is 46.3. The number of halogens is 6. The summed E-state index contributed by atoms with van der Waals surface area (Å²) in [5.74, 6) is -4.29. The zero-order valence-electron chi connectivity index (χ0n) is 23.6. The van der Waals surface area contributed by atoms with Crippen LogP contribution in [0, 0.1) is 12.8 Å². The van der Waals surface area contributed by atoms with Gasteiger partial charge in [0.15, 0.2) is 0 Å². The monoisotopic (exact) mass is 646 g/mol. The lowest BCUT2D eigenvalue weighted by Gasteiger charge is -2.26. The summed E-state index contributed by atoms with van der Waals surface area (Å²) in [6.45, 7) is 5.77. The average molecular weight is 647 g/mol. The molecule has 18 heteroatoms. The topological polar surface area (TPSA) is 160 Å². The molecule has 0 unspecified atom stereocenters. The van der Waals surface area contributed by atoms with E-state index in [-0.39, 0.29) is 5.91 Å². The molecular weight excluding hydrogens is 618 g/mol. The Morgan fingerprint density at radius 2 is 1.47 bits per heavy atom. The van der Waals surface area contributed by atoms with Crippen molar-refractivity contribution in [2.24, 2.45) is 5.92 Å². The number of hydrogen-bond donors (Lipinski definition) is 3. The summed E-state index contributed by atoms with van der Waals surface area (Å²) in [5, 5.41) is 17.2. The van der Waals surface area contributed by atoms with E-state index in [1.54, 1.807) is 6.20 Å². The summed E-state index contributed by atoms with van der Waals surface area (Å²) in [5.41, 5.74) is 4.09. The number of carboxylic acid groups (broad SMARTS) is 2. The fourth-order valence-electron chi connectivity index (χ4n) is 3.72. The minimum atomic E-state index is -5.08. The number of alkyl halides is 6. The summed E-state index contributed by atoms with van der Waals surface area (Å²) >= 11 is 0. The number of aromatic nitrogens is 4. The SMILES string of the molecule is Cc1ccc(NC(=O)c2cc(-c3cnc(N4CCOCC4)nc3)cn2CC2CC2)cn1.O=C(O)C(F)(F)F.O=C(O)C(F)(F)F. The molecular formula is C27H28F6N6O6. The van der Waals surface area contributed by atoms with Gasteiger partial charge in [0, 0.05) is 55.0 Å². The van der Waals surface area contributed by atoms with Gasteiger partial charge in [-0.25, -0.2) is 19.6 Å². The molecule has 1 amide bonds. The lowest BCUT2D eigenvalue weighted by atomic mass is 10.2. The molecule has 3 N–H and O–H groups in total. The van der Waals surface area contributed by atoms with Gasteiger partial charge in [-0.2, -0.15) is 26.3 Å². The molecule has 1 saturated heterocycles. The number of morpholine rings is 1. The third-order valence-electron chi connectivity index (χ3n) is 6.20. The van der Waals surface area contributed by atoms with Gasteiger partial charge in [0.25, 0.3) is 5.91 Å². The smallest absolute Gasteiger partial charge is 0.475 e. The van der Waals surface area contributed by atoms with Gasteiger partial charge in [-0.3, -0.25) is 9.78 Å². The molecule has 0 aromatic carbocycles. The van der Waals surface area contributed by atoms with Crippen LogP contribution in [-0.4, -0.2) is 86.2 Å². The number of amides is 1. The van der Waals surface area contributed by atoms with Crippen LogP contribution in [0.1, 0.15) is 29.0 Å². The van der Waals surface area contributed by atoms with E-state index in [9.17, 15) is 31.1 Å². The van der Waals surface area contributed by atoms with Crippen LogP contribution < -0.4 is 10.2 Å². The summed E-state index contributed by atoms with van der Waals surface area (Å²) in [6, 6.07) is 5.68. The quantitative estimate of drug-likeness (QED) is 0.328. The maximum absolute atomic E-state index is 13.0. The molecule has 4 heterocycles. The second kappa shape index (κ2) is 14.8. The van der Waals surface area contributed by atoms with Crippen LogP contribution >= 0.6 is 0 Å². The average Bonchev–Trinajstić information content (AvgIpc) is 3.70. The molecule has 45 heavy (non-hydrogen) atoms. The van der Waals surface area contributed by atoms with Crippen molar-refractivity contribution in [3.63, 3.8) is 0 Å². The lowest BCUT2D eigenvalue weighted by molar-refractivity contribution is -0.193. The van der Waals surface area contributed by atoms with Crippen LogP contribution in [0.5, 0.6) is 0 Å². The molecule has 244 valence electrons. The fourth-order valence-corrected chi connectivity index (χ4v) is 3.72. The van der Waals surface area contributed by atoms with Crippen LogP contribution in [-0.2, 0) is 20.9 Å². The number of aryl methyl sites for hydroxylation is 1. The van der Waals surface area contributed by atoms with E-state index in [4.69, 9.17) is 24.5 Å². The molecule has 12 nitrogen and oxygen atoms in total. The van der Waals surface area contributed by atoms with Gasteiger partial charge < -0.3 is 29.7 Å². The minimum absolute atomic E-state index is 0.136. The predicted octanol–water partition coefficient (Wildman–Crippen LogP) is 4.41. The number of carboxylic acids is 2. The second-order valence-corrected chi connectivity index (χ2v) is 9.83. The summed E-state index contributed by atoms with van der Waals surface area (Å²) in [7, 11) is 0. The van der Waals surface area contributed by atoms with Crippen LogP contribution in [0.25, 0.3) is 11.1 Å². The van der Waals surface area contributed by atoms with Gasteiger partial charge in [-0.1, -0.05) is 0 Å². The number of nitrogens with one attached hydrogen (secondary N) is 1. The van der Waals surface area contributed by atoms with Crippen molar-refractivity contribution < 1.29 is 55.7 Å². The molecule has 0 atom stereocenters. The number of ether oxygens (including phenoxy) is 1. The molecule has 3 aromatic heterocycles. The van der Waals surface area contributed by atoms with Crippen molar-refractivity contribution in [1.29, 1.82) is 0 Å². The van der Waals surface area contributed by atoms with E-state index in [1.807, 2.05) is 43.7 Å². The first-order valence-electron chi connectivity index (χ1n) is 13.2. The Kier molecular flexibility index (Phi) is 11.4. The normalized spacial score (nSPS) is 14.8. The summed E-state index contributed by atoms with van der Waals surface area (Å²) < 4.78 is 70.9. The maximum Gasteiger partial charge on any atom is 0.490 e. The largest absolute Gasteiger partial charge is 0.490 e. The number of nitrogens with zero attached hydrogens (tertiary/aromatic N) is 5. The van der Waals surface area contributed by atoms with Gasteiger partial charge in [-0.05, 0) is 43.9 Å². The van der Waals surface area contributed by atoms with Gasteiger partial charge >= 0.3 is 24.3 Å². The van der Waals surface area contributed by atoms with E-state index in [1.165, 1.54) is 12.8 Å². The minimum Gasteiger partial charge on any atom is -0.475 e. The molecule has 0 radical (unpaired) electrons. The van der Waals surface area contributed by atoms with Crippen molar-refractivity contribution in [2.45, 2.75) is 38.7 Å². The van der Waals surface area contributed by atoms with Crippen molar-refractivity contribution >= 4 is 29.5 Å². The Morgan fingerprint density at radius 1 is 0.911 bits per heavy atom. The Bertz CT molecular complexity index is 1430. The Morgan fingerprint density at radius 3 is 1.93 bits per heavy atom. The number of carbonyl (C=O) groups is 3. The molecule has 5 rings (SSSR count). The van der Waals surface area contributed by atoms with E-state index >= 15 is 0 Å². The van der Waals surface area contributed by atoms with Crippen molar-refractivity contribution in [1.82, 2.24) is 19.5 Å². The van der Waals surface area contributed by atoms with Gasteiger partial charge in [-0.15, -0.1) is 0 Å². The first-order chi connectivity index (χ1) is 21.0. The predicted molar refractivity (Wildman–Crippen MR) is 146 cm³/mol. The Hall–Kier alpha value is -4.74. The molecule has 2 aliphatic rings. The van der Waals surface area contributed by atoms with Crippen LogP contribution in [0.15, 0.2) is 43.0 Å². The fraction of sp³-hybridized carbons (Fsp3) is 0.407. The van der Waals surface area contributed by atoms with Crippen LogP contribution in [0.4, 0.5) is 38.0 Å². The Labute approximate surface area is 251 Å². The number of anilines is 2. The van der Waals surface area contributed by atoms with Crippen molar-refractivity contribution in [2.75, 3.05) is 36.5 Å². The van der Waals surface area contributed by atoms with E-state index < -0.39 is 24.3 Å². The molecule has 1 saturated carbocycles. The van der Waals surface area contributed by atoms with Gasteiger partial charge in [0.2, 0.25) is 5.95 Å². The third kappa shape index (κ3) is 11.0. The number of pyridine rings is 1. The highest BCUT2D eigenvalue weighted by atomic mass is 19.4. The van der Waals surface area contributed by atoms with Gasteiger partial charge in [0.05, 0.1) is 25.1 Å². The number of hydrogen-bond acceptors (Lipinski definition) is 8. The summed E-state index contributed by atoms with van der Waals surface area (Å²) in [6.07, 6.45) is -0.351. The van der Waals surface area contributed by atoms with Crippen LogP contribution in [0.2, 0.25) is 0 Å². The standard InChI is InChI=1S/C23H26N6O2.2C2HF3O2/c1-16-2-5-20(13-24-16)27-22(30)21-10-18(15-29(21)14-17-3-4-17)19-11-25-23(26-12-19)28-6-8-31-9-7-28;2*3-2(4,5)1(6)7/h2,5,10-13,15,17H,3-4,6-9,14H2,1H3,(H,27,30);2*(H,6,7). The molecule has 3 aromatic rings. The highest BCUT2D eigenvalue weighted by Crippen LogP contribution is 2.33. The second-order valence-electron chi connectivity index (χ2n) is 9.83. The highest BCUT2D eigenvalue weighted by Gasteiger charge is 2.39. The van der Waals surface area contributed by atoms with Crippen molar-refractivity contribution in [3.8, 4) is 11.1 Å². The molecule has 1 aliphatic heterocycles. The highest BCUT2D eigenvalue weighted by molar-refractivity contribution is 6.04. The van der Waals surface area contributed by atoms with Crippen LogP contribution in [0.3, 0.4) is 0 Å². The number of rotatable bonds is 6. The first-order valence-corrected chi connectivity index (χ1v) is 13.2. The first kappa shape index (κ1) is 34.7. The maximum atomic E-state index is 13.0. The number of carbonyl (C=O) groups excluding carboxylic acids is 1. The molecule has 1 aliphatic carbocycles. The third-order valence-corrected chi connectivity index (χ3v) is 6.20. The Balaban J connectivity index is 0.000000331. The number of aliphatic carboxylic acids is 2. The van der Waals surface area contributed by atoms with E-state index in [2.05, 4.69) is 29.7 Å². The molecule has 0 bridgehead atoms. The van der Waals surface area contributed by atoms with Crippen molar-refractivity contribution in [3.05, 3.63) is 54.4 Å². The van der Waals surface area contributed by atoms with Gasteiger partial charge in [0.1, 0.15) is 5.69 Å². The zero-order valence-corrected chi connectivity index (χ0v) is 23.6. The molecule has 2 fully saturated rings. The van der Waals surface area contributed by atoms with E-state index in [0.717, 1.165) is 36.5 Å². The molecule has 0 spiro atoms.